The zero-order chi connectivity index (χ0) is 14.4. The van der Waals surface area contributed by atoms with Crippen LogP contribution < -0.4 is 5.32 Å². The summed E-state index contributed by atoms with van der Waals surface area (Å²) in [7, 11) is 0. The lowest BCUT2D eigenvalue weighted by Crippen LogP contribution is -2.43. The number of piperidine rings is 1. The maximum Gasteiger partial charge on any atom is 0.257 e. The smallest absolute Gasteiger partial charge is 0.257 e. The van der Waals surface area contributed by atoms with Crippen molar-refractivity contribution in [1.29, 1.82) is 0 Å². The normalized spacial score (nSPS) is 18.9. The minimum atomic E-state index is 0.0402. The van der Waals surface area contributed by atoms with E-state index in [1.807, 2.05) is 24.8 Å². The van der Waals surface area contributed by atoms with Crippen molar-refractivity contribution in [3.8, 4) is 0 Å². The number of nitrogens with zero attached hydrogens (tertiary/aromatic N) is 2. The van der Waals surface area contributed by atoms with Crippen molar-refractivity contribution in [3.05, 3.63) is 23.9 Å². The molecule has 0 saturated carbocycles. The number of pyridine rings is 1. The number of amides is 1. The van der Waals surface area contributed by atoms with E-state index in [0.717, 1.165) is 25.9 Å². The lowest BCUT2D eigenvalue weighted by atomic mass is 10.1. The number of hydrogen-bond donors (Lipinski definition) is 1. The highest BCUT2D eigenvalue weighted by atomic mass is 16.5. The second-order valence-corrected chi connectivity index (χ2v) is 4.90. The van der Waals surface area contributed by atoms with Gasteiger partial charge in [-0.2, -0.15) is 0 Å². The summed E-state index contributed by atoms with van der Waals surface area (Å²) in [6, 6.07) is 3.63. The number of rotatable bonds is 5. The molecule has 1 N–H and O–H groups in total. The number of ether oxygens (including phenoxy) is 1. The Morgan fingerprint density at radius 1 is 1.55 bits per heavy atom. The molecule has 20 heavy (non-hydrogen) atoms. The van der Waals surface area contributed by atoms with Gasteiger partial charge in [0.15, 0.2) is 0 Å². The monoisotopic (exact) mass is 277 g/mol. The highest BCUT2D eigenvalue weighted by Gasteiger charge is 2.26. The van der Waals surface area contributed by atoms with Crippen molar-refractivity contribution in [2.24, 2.45) is 0 Å². The molecular weight excluding hydrogens is 254 g/mol. The van der Waals surface area contributed by atoms with E-state index >= 15 is 0 Å². The topological polar surface area (TPSA) is 54.5 Å². The fourth-order valence-electron chi connectivity index (χ4n) is 2.55. The summed E-state index contributed by atoms with van der Waals surface area (Å²) < 4.78 is 5.65. The maximum atomic E-state index is 12.6. The van der Waals surface area contributed by atoms with Crippen LogP contribution in [-0.2, 0) is 4.74 Å². The molecule has 1 aliphatic heterocycles. The summed E-state index contributed by atoms with van der Waals surface area (Å²) >= 11 is 0. The molecule has 5 heteroatoms. The molecule has 1 saturated heterocycles. The largest absolute Gasteiger partial charge is 0.377 e. The van der Waals surface area contributed by atoms with Gasteiger partial charge in [-0.05, 0) is 38.8 Å². The Balaban J connectivity index is 2.10. The number of likely N-dealkylation sites (tertiary alicyclic amines) is 1. The van der Waals surface area contributed by atoms with Gasteiger partial charge in [0.25, 0.3) is 5.91 Å². The van der Waals surface area contributed by atoms with Crippen molar-refractivity contribution in [3.63, 3.8) is 0 Å². The Morgan fingerprint density at radius 2 is 2.40 bits per heavy atom. The van der Waals surface area contributed by atoms with Crippen molar-refractivity contribution >= 4 is 11.7 Å². The van der Waals surface area contributed by atoms with Crippen LogP contribution in [-0.4, -0.2) is 48.1 Å². The number of anilines is 1. The Kier molecular flexibility index (Phi) is 5.35. The second kappa shape index (κ2) is 7.24. The average Bonchev–Trinajstić information content (AvgIpc) is 2.48. The van der Waals surface area contributed by atoms with Gasteiger partial charge in [-0.15, -0.1) is 0 Å². The van der Waals surface area contributed by atoms with Crippen molar-refractivity contribution in [1.82, 2.24) is 9.88 Å². The van der Waals surface area contributed by atoms with E-state index in [1.54, 1.807) is 12.3 Å². The first-order chi connectivity index (χ1) is 9.76. The molecule has 0 radical (unpaired) electrons. The number of aromatic nitrogens is 1. The molecule has 1 aliphatic rings. The van der Waals surface area contributed by atoms with Crippen LogP contribution in [0.5, 0.6) is 0 Å². The molecule has 110 valence electrons. The number of hydrogen-bond acceptors (Lipinski definition) is 4. The Hall–Kier alpha value is -1.62. The molecule has 1 aromatic rings. The van der Waals surface area contributed by atoms with Gasteiger partial charge >= 0.3 is 0 Å². The minimum Gasteiger partial charge on any atom is -0.377 e. The quantitative estimate of drug-likeness (QED) is 0.896. The molecule has 0 bridgehead atoms. The standard InChI is InChI=1S/C15H23N3O2/c1-3-16-14-13(8-5-9-17-14)15(19)18-10-6-7-12(11-18)20-4-2/h5,8-9,12H,3-4,6-7,10-11H2,1-2H3,(H,16,17). The van der Waals surface area contributed by atoms with Crippen molar-refractivity contribution < 1.29 is 9.53 Å². The zero-order valence-corrected chi connectivity index (χ0v) is 12.3. The van der Waals surface area contributed by atoms with Gasteiger partial charge in [0.2, 0.25) is 0 Å². The van der Waals surface area contributed by atoms with E-state index in [0.29, 0.717) is 24.5 Å². The van der Waals surface area contributed by atoms with Gasteiger partial charge in [-0.1, -0.05) is 0 Å². The zero-order valence-electron chi connectivity index (χ0n) is 12.3. The second-order valence-electron chi connectivity index (χ2n) is 4.90. The first-order valence-corrected chi connectivity index (χ1v) is 7.36. The molecule has 1 fully saturated rings. The third kappa shape index (κ3) is 3.48. The molecule has 1 atom stereocenters. The van der Waals surface area contributed by atoms with Crippen molar-refractivity contribution in [2.75, 3.05) is 31.6 Å². The van der Waals surface area contributed by atoms with Gasteiger partial charge < -0.3 is 15.0 Å². The van der Waals surface area contributed by atoms with Crippen LogP contribution in [0.3, 0.4) is 0 Å². The Morgan fingerprint density at radius 3 is 3.15 bits per heavy atom. The highest BCUT2D eigenvalue weighted by Crippen LogP contribution is 2.19. The van der Waals surface area contributed by atoms with Gasteiger partial charge in [-0.3, -0.25) is 4.79 Å². The first-order valence-electron chi connectivity index (χ1n) is 7.36. The van der Waals surface area contributed by atoms with Crippen LogP contribution >= 0.6 is 0 Å². The molecule has 1 amide bonds. The van der Waals surface area contributed by atoms with Crippen LogP contribution in [0.2, 0.25) is 0 Å². The SMILES string of the molecule is CCNc1ncccc1C(=O)N1CCCC(OCC)C1. The summed E-state index contributed by atoms with van der Waals surface area (Å²) in [4.78, 5) is 18.8. The fraction of sp³-hybridized carbons (Fsp3) is 0.600. The lowest BCUT2D eigenvalue weighted by molar-refractivity contribution is 0.00726. The summed E-state index contributed by atoms with van der Waals surface area (Å²) in [5.74, 6) is 0.706. The highest BCUT2D eigenvalue weighted by molar-refractivity contribution is 5.98. The van der Waals surface area contributed by atoms with E-state index in [2.05, 4.69) is 10.3 Å². The molecule has 0 aliphatic carbocycles. The Labute approximate surface area is 120 Å². The molecule has 5 nitrogen and oxygen atoms in total. The van der Waals surface area contributed by atoms with Gasteiger partial charge in [0.05, 0.1) is 11.7 Å². The number of nitrogens with one attached hydrogen (secondary N) is 1. The maximum absolute atomic E-state index is 12.6. The predicted molar refractivity (Wildman–Crippen MR) is 79.0 cm³/mol. The van der Waals surface area contributed by atoms with E-state index in [4.69, 9.17) is 4.74 Å². The van der Waals surface area contributed by atoms with Crippen LogP contribution in [0.1, 0.15) is 37.0 Å². The van der Waals surface area contributed by atoms with Crippen LogP contribution in [0.4, 0.5) is 5.82 Å². The molecule has 1 unspecified atom stereocenters. The fourth-order valence-corrected chi connectivity index (χ4v) is 2.55. The van der Waals surface area contributed by atoms with E-state index < -0.39 is 0 Å². The van der Waals surface area contributed by atoms with Crippen molar-refractivity contribution in [2.45, 2.75) is 32.8 Å². The Bertz CT molecular complexity index is 448. The molecule has 1 aromatic heterocycles. The van der Waals surface area contributed by atoms with E-state index in [-0.39, 0.29) is 12.0 Å². The third-order valence-electron chi connectivity index (χ3n) is 3.45. The van der Waals surface area contributed by atoms with E-state index in [9.17, 15) is 4.79 Å². The van der Waals surface area contributed by atoms with Gasteiger partial charge in [0.1, 0.15) is 5.82 Å². The van der Waals surface area contributed by atoms with Crippen LogP contribution in [0.25, 0.3) is 0 Å². The molecule has 0 aromatic carbocycles. The number of carbonyl (C=O) groups is 1. The molecule has 2 heterocycles. The molecule has 0 spiro atoms. The minimum absolute atomic E-state index is 0.0402. The predicted octanol–water partition coefficient (Wildman–Crippen LogP) is 2.15. The first kappa shape index (κ1) is 14.8. The molecular formula is C15H23N3O2. The third-order valence-corrected chi connectivity index (χ3v) is 3.45. The van der Waals surface area contributed by atoms with Crippen LogP contribution in [0.15, 0.2) is 18.3 Å². The molecule has 2 rings (SSSR count). The summed E-state index contributed by atoms with van der Waals surface area (Å²) in [5, 5.41) is 3.14. The lowest BCUT2D eigenvalue weighted by Gasteiger charge is -2.32. The average molecular weight is 277 g/mol. The number of carbonyl (C=O) groups excluding carboxylic acids is 1. The van der Waals surface area contributed by atoms with Crippen LogP contribution in [0, 0.1) is 0 Å². The summed E-state index contributed by atoms with van der Waals surface area (Å²) in [5.41, 5.74) is 0.645. The van der Waals surface area contributed by atoms with Gasteiger partial charge in [-0.25, -0.2) is 4.98 Å². The van der Waals surface area contributed by atoms with Gasteiger partial charge in [0, 0.05) is 32.4 Å². The van der Waals surface area contributed by atoms with E-state index in [1.165, 1.54) is 0 Å². The summed E-state index contributed by atoms with van der Waals surface area (Å²) in [6.07, 6.45) is 3.89. The summed E-state index contributed by atoms with van der Waals surface area (Å²) in [6.45, 7) is 6.90.